The highest BCUT2D eigenvalue weighted by Crippen LogP contribution is 2.37. The van der Waals surface area contributed by atoms with Crippen LogP contribution in [0.2, 0.25) is 0 Å². The minimum absolute atomic E-state index is 0.0738. The monoisotopic (exact) mass is 580 g/mol. The van der Waals surface area contributed by atoms with Crippen molar-refractivity contribution in [2.45, 2.75) is 123 Å². The van der Waals surface area contributed by atoms with Gasteiger partial charge in [-0.15, -0.1) is 5.10 Å². The number of ether oxygens (including phenoxy) is 5. The highest BCUT2D eigenvalue weighted by Gasteiger charge is 2.52. The van der Waals surface area contributed by atoms with Gasteiger partial charge in [0.25, 0.3) is 0 Å². The molecule has 2 aliphatic rings. The summed E-state index contributed by atoms with van der Waals surface area (Å²) in [7, 11) is 0. The lowest BCUT2D eigenvalue weighted by atomic mass is 9.79. The van der Waals surface area contributed by atoms with Crippen LogP contribution < -0.4 is 0 Å². The summed E-state index contributed by atoms with van der Waals surface area (Å²) in [5.41, 5.74) is -0.315. The molecule has 1 aromatic rings. The van der Waals surface area contributed by atoms with Crippen LogP contribution in [-0.2, 0) is 60.7 Å². The number of hydrogen-bond donors (Lipinski definition) is 0. The largest absolute Gasteiger partial charge is 0.463 e. The van der Waals surface area contributed by atoms with Crippen molar-refractivity contribution >= 4 is 29.7 Å². The second kappa shape index (κ2) is 12.6. The molecule has 3 heterocycles. The summed E-state index contributed by atoms with van der Waals surface area (Å²) in [4.78, 5) is 62.1. The quantitative estimate of drug-likeness (QED) is 0.302. The Morgan fingerprint density at radius 1 is 0.854 bits per heavy atom. The number of Topliss-reactive ketones (excluding diaryl/α,β-unsaturated/α-hetero) is 1. The molecule has 0 aliphatic carbocycles. The maximum atomic E-state index is 12.3. The van der Waals surface area contributed by atoms with Gasteiger partial charge in [-0.25, -0.2) is 4.68 Å². The van der Waals surface area contributed by atoms with Crippen LogP contribution in [0.5, 0.6) is 0 Å². The van der Waals surface area contributed by atoms with Gasteiger partial charge in [-0.2, -0.15) is 0 Å². The predicted molar refractivity (Wildman–Crippen MR) is 140 cm³/mol. The van der Waals surface area contributed by atoms with E-state index in [9.17, 15) is 24.0 Å². The van der Waals surface area contributed by atoms with E-state index < -0.39 is 65.5 Å². The first kappa shape index (κ1) is 32.1. The fourth-order valence-electron chi connectivity index (χ4n) is 5.76. The zero-order chi connectivity index (χ0) is 30.7. The van der Waals surface area contributed by atoms with Crippen LogP contribution in [0.3, 0.4) is 0 Å². The second-order valence-corrected chi connectivity index (χ2v) is 11.8. The van der Waals surface area contributed by atoms with Crippen molar-refractivity contribution in [1.82, 2.24) is 19.9 Å². The van der Waals surface area contributed by atoms with E-state index in [-0.39, 0.29) is 18.8 Å². The first-order chi connectivity index (χ1) is 19.0. The third kappa shape index (κ3) is 8.32. The first-order valence-corrected chi connectivity index (χ1v) is 13.5. The Morgan fingerprint density at radius 2 is 1.37 bits per heavy atom. The molecule has 0 N–H and O–H groups in total. The molecular formula is C27H40N4O10. The van der Waals surface area contributed by atoms with Gasteiger partial charge in [0, 0.05) is 58.0 Å². The highest BCUT2D eigenvalue weighted by molar-refractivity contribution is 5.81. The van der Waals surface area contributed by atoms with Gasteiger partial charge in [-0.1, -0.05) is 5.21 Å². The van der Waals surface area contributed by atoms with Crippen LogP contribution in [-0.4, -0.2) is 97.8 Å². The van der Waals surface area contributed by atoms with Gasteiger partial charge in [-0.3, -0.25) is 28.9 Å². The molecule has 2 aliphatic heterocycles. The van der Waals surface area contributed by atoms with E-state index in [4.69, 9.17) is 23.7 Å². The lowest BCUT2D eigenvalue weighted by Gasteiger charge is -2.51. The normalized spacial score (nSPS) is 27.5. The number of carbonyl (C=O) groups is 5. The number of carbonyl (C=O) groups excluding carboxylic acids is 5. The smallest absolute Gasteiger partial charge is 0.303 e. The maximum absolute atomic E-state index is 12.3. The van der Waals surface area contributed by atoms with E-state index >= 15 is 0 Å². The number of nitrogens with zero attached hydrogens (tertiary/aromatic N) is 4. The van der Waals surface area contributed by atoms with Gasteiger partial charge < -0.3 is 23.7 Å². The predicted octanol–water partition coefficient (Wildman–Crippen LogP) is 1.13. The summed E-state index contributed by atoms with van der Waals surface area (Å²) >= 11 is 0. The standard InChI is InChI=1S/C27H40N4O10/c1-15(32)37-13-22-24(39-17(3)34)25(40-18(4)35)23(38-16(2)33)21(41-22)9-19-12-30(29-28-19)14-31-26(5,6)10-20(36)11-27(31,7)8/h12,21-25H,9-11,13-14H2,1-8H3/t21-,22+,23-,24+,25+/m0/s1. The van der Waals surface area contributed by atoms with Crippen LogP contribution in [0.1, 0.15) is 73.9 Å². The molecule has 5 atom stereocenters. The maximum Gasteiger partial charge on any atom is 0.303 e. The minimum Gasteiger partial charge on any atom is -0.463 e. The summed E-state index contributed by atoms with van der Waals surface area (Å²) in [6, 6.07) is 0. The van der Waals surface area contributed by atoms with Crippen LogP contribution in [0.15, 0.2) is 6.20 Å². The van der Waals surface area contributed by atoms with E-state index in [1.54, 1.807) is 10.9 Å². The molecule has 0 spiro atoms. The third-order valence-electron chi connectivity index (χ3n) is 7.09. The third-order valence-corrected chi connectivity index (χ3v) is 7.09. The Morgan fingerprint density at radius 3 is 1.88 bits per heavy atom. The van der Waals surface area contributed by atoms with Crippen LogP contribution in [0.25, 0.3) is 0 Å². The Bertz CT molecular complexity index is 1140. The van der Waals surface area contributed by atoms with Crippen molar-refractivity contribution in [3.8, 4) is 0 Å². The number of rotatable bonds is 9. The molecule has 41 heavy (non-hydrogen) atoms. The van der Waals surface area contributed by atoms with Crippen molar-refractivity contribution in [1.29, 1.82) is 0 Å². The van der Waals surface area contributed by atoms with Crippen molar-refractivity contribution in [3.63, 3.8) is 0 Å². The summed E-state index contributed by atoms with van der Waals surface area (Å²) in [5.74, 6) is -2.46. The average Bonchev–Trinajstić information content (AvgIpc) is 3.24. The van der Waals surface area contributed by atoms with Gasteiger partial charge in [0.1, 0.15) is 24.6 Å². The molecule has 3 rings (SSSR count). The molecule has 0 unspecified atom stereocenters. The second-order valence-electron chi connectivity index (χ2n) is 11.8. The number of ketones is 1. The first-order valence-electron chi connectivity index (χ1n) is 13.5. The SMILES string of the molecule is CC(=O)OC[C@H]1O[C@@H](Cc2cn(CN3C(C)(C)CC(=O)CC3(C)C)nn2)[C@H](OC(C)=O)[C@@H](OC(C)=O)[C@@H]1OC(C)=O. The Labute approximate surface area is 238 Å². The molecule has 0 radical (unpaired) electrons. The molecule has 2 fully saturated rings. The molecule has 1 aromatic heterocycles. The molecule has 14 heteroatoms. The number of piperidine rings is 1. The molecule has 0 saturated carbocycles. The number of esters is 4. The van der Waals surface area contributed by atoms with Gasteiger partial charge in [-0.05, 0) is 27.7 Å². The van der Waals surface area contributed by atoms with Crippen molar-refractivity contribution in [3.05, 3.63) is 11.9 Å². The molecule has 0 bridgehead atoms. The summed E-state index contributed by atoms with van der Waals surface area (Å²) in [5, 5.41) is 8.54. The van der Waals surface area contributed by atoms with Gasteiger partial charge in [0.05, 0.1) is 18.6 Å². The molecule has 0 amide bonds. The van der Waals surface area contributed by atoms with Gasteiger partial charge in [0.15, 0.2) is 18.3 Å². The van der Waals surface area contributed by atoms with Crippen LogP contribution >= 0.6 is 0 Å². The average molecular weight is 581 g/mol. The fourth-order valence-corrected chi connectivity index (χ4v) is 5.76. The van der Waals surface area contributed by atoms with Crippen molar-refractivity contribution in [2.24, 2.45) is 0 Å². The van der Waals surface area contributed by atoms with Crippen LogP contribution in [0.4, 0.5) is 0 Å². The Hall–Kier alpha value is -3.39. The zero-order valence-electron chi connectivity index (χ0n) is 24.9. The zero-order valence-corrected chi connectivity index (χ0v) is 24.9. The molecule has 0 aromatic carbocycles. The van der Waals surface area contributed by atoms with E-state index in [2.05, 4.69) is 15.2 Å². The molecule has 2 saturated heterocycles. The van der Waals surface area contributed by atoms with E-state index in [0.29, 0.717) is 25.2 Å². The Balaban J connectivity index is 1.90. The van der Waals surface area contributed by atoms with Crippen LogP contribution in [0, 0.1) is 0 Å². The van der Waals surface area contributed by atoms with Crippen molar-refractivity contribution < 1.29 is 47.7 Å². The van der Waals surface area contributed by atoms with E-state index in [0.717, 1.165) is 0 Å². The number of aromatic nitrogens is 3. The highest BCUT2D eigenvalue weighted by atomic mass is 16.7. The molecule has 228 valence electrons. The summed E-state index contributed by atoms with van der Waals surface area (Å²) < 4.78 is 29.4. The number of likely N-dealkylation sites (tertiary alicyclic amines) is 1. The molecular weight excluding hydrogens is 540 g/mol. The lowest BCUT2D eigenvalue weighted by molar-refractivity contribution is -0.252. The lowest BCUT2D eigenvalue weighted by Crippen LogP contribution is -2.62. The fraction of sp³-hybridized carbons (Fsp3) is 0.741. The Kier molecular flexibility index (Phi) is 9.90. The molecule has 14 nitrogen and oxygen atoms in total. The summed E-state index contributed by atoms with van der Waals surface area (Å²) in [6.07, 6.45) is -2.98. The van der Waals surface area contributed by atoms with Gasteiger partial charge >= 0.3 is 23.9 Å². The topological polar surface area (TPSA) is 165 Å². The summed E-state index contributed by atoms with van der Waals surface area (Å²) in [6.45, 7) is 12.9. The minimum atomic E-state index is -1.25. The van der Waals surface area contributed by atoms with E-state index in [1.165, 1.54) is 27.7 Å². The number of hydrogen-bond acceptors (Lipinski definition) is 13. The van der Waals surface area contributed by atoms with E-state index in [1.807, 2.05) is 27.7 Å². The van der Waals surface area contributed by atoms with Crippen molar-refractivity contribution in [2.75, 3.05) is 6.61 Å². The van der Waals surface area contributed by atoms with Gasteiger partial charge in [0.2, 0.25) is 0 Å².